The second kappa shape index (κ2) is 10.4. The fraction of sp³-hybridized carbons (Fsp3) is 0.538. The molecule has 0 radical (unpaired) electrons. The van der Waals surface area contributed by atoms with Gasteiger partial charge in [0.05, 0.1) is 12.3 Å². The maximum absolute atomic E-state index is 15.7. The first kappa shape index (κ1) is 29.6. The van der Waals surface area contributed by atoms with Gasteiger partial charge < -0.3 is 35.2 Å². The zero-order valence-corrected chi connectivity index (χ0v) is 19.7. The molecule has 0 amide bonds. The SMILES string of the molecule is C[C@@H](OP(=O)(O)OP(=O)(O)OP(=O)(O)O)[C@H]1O[C@@H](n2cc(F)c(N)nc2=O)C(F)(C#CCF)[C@H]1O. The Morgan fingerprint density at radius 3 is 2.43 bits per heavy atom. The van der Waals surface area contributed by atoms with Crippen molar-refractivity contribution < 1.29 is 69.4 Å². The second-order valence-electron chi connectivity index (χ2n) is 6.67. The smallest absolute Gasteiger partial charge is 0.386 e. The van der Waals surface area contributed by atoms with Gasteiger partial charge in [0.1, 0.15) is 18.9 Å². The fourth-order valence-electron chi connectivity index (χ4n) is 2.84. The minimum absolute atomic E-state index is 0.166. The van der Waals surface area contributed by atoms with Crippen LogP contribution in [0.25, 0.3) is 0 Å². The van der Waals surface area contributed by atoms with Crippen molar-refractivity contribution in [2.75, 3.05) is 12.4 Å². The summed E-state index contributed by atoms with van der Waals surface area (Å²) in [5.74, 6) is 1.11. The van der Waals surface area contributed by atoms with E-state index in [1.165, 1.54) is 0 Å². The van der Waals surface area contributed by atoms with Gasteiger partial charge in [-0.15, -0.1) is 0 Å². The molecule has 0 aromatic carbocycles. The van der Waals surface area contributed by atoms with Crippen molar-refractivity contribution in [1.82, 2.24) is 9.55 Å². The van der Waals surface area contributed by atoms with Crippen LogP contribution in [0.1, 0.15) is 13.2 Å². The average molecular weight is 573 g/mol. The summed E-state index contributed by atoms with van der Waals surface area (Å²) in [6, 6.07) is 0. The van der Waals surface area contributed by atoms with Crippen molar-refractivity contribution >= 4 is 29.3 Å². The number of anilines is 1. The van der Waals surface area contributed by atoms with E-state index in [9.17, 15) is 42.2 Å². The van der Waals surface area contributed by atoms with Crippen molar-refractivity contribution in [3.05, 3.63) is 22.5 Å². The van der Waals surface area contributed by atoms with E-state index < -0.39 is 77.7 Å². The topological polar surface area (TPSA) is 250 Å². The van der Waals surface area contributed by atoms with Gasteiger partial charge in [0.25, 0.3) is 0 Å². The van der Waals surface area contributed by atoms with E-state index in [0.717, 1.165) is 6.92 Å². The van der Waals surface area contributed by atoms with Crippen LogP contribution < -0.4 is 11.4 Å². The Morgan fingerprint density at radius 1 is 1.29 bits per heavy atom. The molecular weight excluding hydrogens is 556 g/mol. The zero-order valence-electron chi connectivity index (χ0n) is 17.0. The number of aromatic nitrogens is 2. The summed E-state index contributed by atoms with van der Waals surface area (Å²) < 4.78 is 93.1. The minimum Gasteiger partial charge on any atom is -0.386 e. The molecule has 0 saturated carbocycles. The Bertz CT molecular complexity index is 1230. The number of aliphatic hydroxyl groups is 1. The first-order valence-corrected chi connectivity index (χ1v) is 13.3. The highest BCUT2D eigenvalue weighted by atomic mass is 31.3. The van der Waals surface area contributed by atoms with Crippen molar-refractivity contribution in [1.29, 1.82) is 0 Å². The van der Waals surface area contributed by atoms with Crippen molar-refractivity contribution in [3.63, 3.8) is 0 Å². The van der Waals surface area contributed by atoms with Crippen LogP contribution in [0.2, 0.25) is 0 Å². The molecule has 1 fully saturated rings. The molecule has 1 aliphatic heterocycles. The molecule has 1 aliphatic rings. The highest BCUT2D eigenvalue weighted by molar-refractivity contribution is 7.66. The van der Waals surface area contributed by atoms with E-state index in [1.807, 2.05) is 0 Å². The summed E-state index contributed by atoms with van der Waals surface area (Å²) >= 11 is 0. The summed E-state index contributed by atoms with van der Waals surface area (Å²) in [5, 5.41) is 10.4. The number of hydrogen-bond acceptors (Lipinski definition) is 11. The van der Waals surface area contributed by atoms with Gasteiger partial charge in [0.2, 0.25) is 5.67 Å². The standard InChI is InChI=1S/C13H17F3N3O13P3/c1-6(30-34(25,26)32-35(27,28)31-33(22,23)24)8-9(20)13(16,3-2-4-14)11(29-8)19-5-7(15)10(17)18-12(19)21/h5-6,8-9,11,20H,4H2,1H3,(H,25,26)(H,27,28)(H2,17,18,21)(H2,22,23,24)/t6-,8-,9+,11-,13?/m1/s1. The second-order valence-corrected chi connectivity index (χ2v) is 11.0. The molecule has 3 unspecified atom stereocenters. The molecule has 1 aromatic heterocycles. The highest BCUT2D eigenvalue weighted by Crippen LogP contribution is 2.66. The lowest BCUT2D eigenvalue weighted by Crippen LogP contribution is -2.46. The van der Waals surface area contributed by atoms with E-state index in [4.69, 9.17) is 20.3 Å². The van der Waals surface area contributed by atoms with Crippen LogP contribution in [0, 0.1) is 17.7 Å². The Morgan fingerprint density at radius 2 is 1.89 bits per heavy atom. The fourth-order valence-corrected chi connectivity index (χ4v) is 6.04. The molecule has 0 spiro atoms. The van der Waals surface area contributed by atoms with Gasteiger partial charge in [-0.3, -0.25) is 9.09 Å². The lowest BCUT2D eigenvalue weighted by Gasteiger charge is -2.25. The van der Waals surface area contributed by atoms with Gasteiger partial charge in [0.15, 0.2) is 17.9 Å². The highest BCUT2D eigenvalue weighted by Gasteiger charge is 2.60. The summed E-state index contributed by atoms with van der Waals surface area (Å²) in [6.45, 7) is -0.613. The Labute approximate surface area is 192 Å². The molecule has 2 heterocycles. The summed E-state index contributed by atoms with van der Waals surface area (Å²) in [6.07, 6.45) is -8.56. The number of rotatable bonds is 8. The molecule has 1 aromatic rings. The zero-order chi connectivity index (χ0) is 27.0. The van der Waals surface area contributed by atoms with Gasteiger partial charge >= 0.3 is 29.2 Å². The maximum atomic E-state index is 15.7. The number of phosphoric ester groups is 1. The molecular formula is C13H17F3N3O13P3. The maximum Gasteiger partial charge on any atom is 0.490 e. The predicted molar refractivity (Wildman–Crippen MR) is 105 cm³/mol. The van der Waals surface area contributed by atoms with Gasteiger partial charge in [0, 0.05) is 0 Å². The van der Waals surface area contributed by atoms with E-state index in [0.29, 0.717) is 6.20 Å². The van der Waals surface area contributed by atoms with Gasteiger partial charge in [-0.05, 0) is 6.92 Å². The van der Waals surface area contributed by atoms with Gasteiger partial charge in [-0.2, -0.15) is 13.6 Å². The first-order valence-electron chi connectivity index (χ1n) is 8.76. The molecule has 7 N–H and O–H groups in total. The summed E-state index contributed by atoms with van der Waals surface area (Å²) in [7, 11) is -17.4. The Hall–Kier alpha value is -1.64. The van der Waals surface area contributed by atoms with Crippen molar-refractivity contribution in [2.24, 2.45) is 0 Å². The largest absolute Gasteiger partial charge is 0.490 e. The van der Waals surface area contributed by atoms with E-state index in [-0.39, 0.29) is 4.57 Å². The van der Waals surface area contributed by atoms with Crippen LogP contribution in [0.4, 0.5) is 19.0 Å². The van der Waals surface area contributed by atoms with E-state index >= 15 is 4.39 Å². The molecule has 22 heteroatoms. The lowest BCUT2D eigenvalue weighted by molar-refractivity contribution is -0.0783. The lowest BCUT2D eigenvalue weighted by atomic mass is 9.94. The van der Waals surface area contributed by atoms with Crippen LogP contribution in [-0.2, 0) is 31.6 Å². The minimum atomic E-state index is -5.91. The van der Waals surface area contributed by atoms with E-state index in [2.05, 4.69) is 18.1 Å². The van der Waals surface area contributed by atoms with Crippen LogP contribution >= 0.6 is 23.5 Å². The average Bonchev–Trinajstić information content (AvgIpc) is 2.91. The molecule has 16 nitrogen and oxygen atoms in total. The summed E-state index contributed by atoms with van der Waals surface area (Å²) in [4.78, 5) is 51.1. The van der Waals surface area contributed by atoms with Crippen LogP contribution in [0.15, 0.2) is 11.0 Å². The number of aliphatic hydroxyl groups excluding tert-OH is 1. The molecule has 35 heavy (non-hydrogen) atoms. The number of ether oxygens (including phenoxy) is 1. The number of hydrogen-bond donors (Lipinski definition) is 6. The van der Waals surface area contributed by atoms with Crippen LogP contribution in [0.3, 0.4) is 0 Å². The molecule has 0 bridgehead atoms. The normalized spacial score (nSPS) is 29.0. The Balaban J connectivity index is 2.38. The molecule has 198 valence electrons. The Kier molecular flexibility index (Phi) is 8.78. The number of nitrogens with zero attached hydrogens (tertiary/aromatic N) is 2. The third-order valence-electron chi connectivity index (χ3n) is 4.10. The molecule has 7 atom stereocenters. The number of nitrogen functional groups attached to an aromatic ring is 1. The predicted octanol–water partition coefficient (Wildman–Crippen LogP) is -0.364. The van der Waals surface area contributed by atoms with Gasteiger partial charge in [-0.1, -0.05) is 11.8 Å². The third kappa shape index (κ3) is 7.20. The summed E-state index contributed by atoms with van der Waals surface area (Å²) in [5.41, 5.74) is 0.368. The van der Waals surface area contributed by atoms with Crippen LogP contribution in [-0.4, -0.2) is 64.9 Å². The molecule has 0 aliphatic carbocycles. The number of halogens is 3. The third-order valence-corrected chi connectivity index (χ3v) is 8.02. The quantitative estimate of drug-likeness (QED) is 0.172. The van der Waals surface area contributed by atoms with Crippen molar-refractivity contribution in [2.45, 2.75) is 37.1 Å². The van der Waals surface area contributed by atoms with Crippen LogP contribution in [0.5, 0.6) is 0 Å². The number of phosphoric acid groups is 3. The first-order chi connectivity index (χ1) is 15.8. The van der Waals surface area contributed by atoms with E-state index in [1.54, 1.807) is 11.8 Å². The van der Waals surface area contributed by atoms with Crippen molar-refractivity contribution in [3.8, 4) is 11.8 Å². The molecule has 1 saturated heterocycles. The van der Waals surface area contributed by atoms with Gasteiger partial charge in [-0.25, -0.2) is 31.7 Å². The number of nitrogens with two attached hydrogens (primary N) is 1. The number of alkyl halides is 2. The monoisotopic (exact) mass is 573 g/mol. The molecule has 2 rings (SSSR count).